The molecule has 1 aliphatic carbocycles. The lowest BCUT2D eigenvalue weighted by Gasteiger charge is -2.44. The van der Waals surface area contributed by atoms with Crippen LogP contribution in [0.1, 0.15) is 52.4 Å². The third-order valence-corrected chi connectivity index (χ3v) is 7.82. The number of hydrogen-bond acceptors (Lipinski definition) is 7. The van der Waals surface area contributed by atoms with Gasteiger partial charge in [-0.05, 0) is 43.4 Å². The van der Waals surface area contributed by atoms with E-state index in [4.69, 9.17) is 4.74 Å². The fourth-order valence-electron chi connectivity index (χ4n) is 4.74. The van der Waals surface area contributed by atoms with Crippen LogP contribution in [0, 0.1) is 17.8 Å². The van der Waals surface area contributed by atoms with E-state index >= 15 is 0 Å². The van der Waals surface area contributed by atoms with Gasteiger partial charge in [0.15, 0.2) is 0 Å². The Hall–Kier alpha value is -0.380. The number of hydrogen-bond donors (Lipinski definition) is 5. The largest absolute Gasteiger partial charge is 0.388 e. The van der Waals surface area contributed by atoms with E-state index in [1.165, 1.54) is 43.9 Å². The van der Waals surface area contributed by atoms with Crippen LogP contribution >= 0.6 is 11.8 Å². The van der Waals surface area contributed by atoms with Crippen molar-refractivity contribution in [3.63, 3.8) is 0 Å². The second-order valence-corrected chi connectivity index (χ2v) is 10.3. The molecule has 1 saturated carbocycles. The van der Waals surface area contributed by atoms with Crippen LogP contribution in [0.2, 0.25) is 0 Å². The van der Waals surface area contributed by atoms with Crippen LogP contribution < -0.4 is 10.6 Å². The van der Waals surface area contributed by atoms with Crippen molar-refractivity contribution >= 4 is 17.7 Å². The van der Waals surface area contributed by atoms with Gasteiger partial charge in [-0.15, -0.1) is 11.8 Å². The minimum absolute atomic E-state index is 0.000587. The van der Waals surface area contributed by atoms with Crippen LogP contribution in [0.25, 0.3) is 0 Å². The Balaban J connectivity index is 1.56. The molecule has 3 rings (SSSR count). The number of aliphatic hydroxyl groups excluding tert-OH is 3. The fourth-order valence-corrected chi connectivity index (χ4v) is 5.42. The van der Waals surface area contributed by atoms with Gasteiger partial charge in [-0.1, -0.05) is 39.5 Å². The third-order valence-electron chi connectivity index (χ3n) is 6.97. The van der Waals surface area contributed by atoms with Gasteiger partial charge in [-0.2, -0.15) is 0 Å². The third kappa shape index (κ3) is 5.46. The van der Waals surface area contributed by atoms with E-state index in [1.807, 2.05) is 13.8 Å². The summed E-state index contributed by atoms with van der Waals surface area (Å²) in [7, 11) is 0. The Morgan fingerprint density at radius 1 is 1.14 bits per heavy atom. The number of amides is 1. The number of carbonyl (C=O) groups excluding carboxylic acids is 1. The van der Waals surface area contributed by atoms with Crippen LogP contribution in [-0.4, -0.2) is 76.0 Å². The lowest BCUT2D eigenvalue weighted by atomic mass is 9.80. The van der Waals surface area contributed by atoms with Crippen LogP contribution in [0.3, 0.4) is 0 Å². The molecule has 0 radical (unpaired) electrons. The topological polar surface area (TPSA) is 111 Å². The maximum Gasteiger partial charge on any atom is 0.237 e. The van der Waals surface area contributed by atoms with Crippen molar-refractivity contribution < 1.29 is 24.9 Å². The van der Waals surface area contributed by atoms with Crippen LogP contribution in [0.4, 0.5) is 0 Å². The Bertz CT molecular complexity index is 545. The summed E-state index contributed by atoms with van der Waals surface area (Å²) in [5.41, 5.74) is -0.642. The molecule has 0 unspecified atom stereocenters. The van der Waals surface area contributed by atoms with Crippen molar-refractivity contribution in [2.24, 2.45) is 17.8 Å². The van der Waals surface area contributed by atoms with E-state index in [1.54, 1.807) is 6.26 Å². The first-order valence-corrected chi connectivity index (χ1v) is 12.4. The Morgan fingerprint density at radius 3 is 2.41 bits per heavy atom. The number of ether oxygens (including phenoxy) is 1. The Labute approximate surface area is 178 Å². The summed E-state index contributed by atoms with van der Waals surface area (Å²) in [5.74, 6) is 1.36. The normalized spacial score (nSPS) is 39.3. The van der Waals surface area contributed by atoms with Gasteiger partial charge in [0, 0.05) is 0 Å². The summed E-state index contributed by atoms with van der Waals surface area (Å²) < 4.78 is 5.89. The second kappa shape index (κ2) is 10.3. The number of carbonyl (C=O) groups is 1. The zero-order chi connectivity index (χ0) is 21.1. The zero-order valence-corrected chi connectivity index (χ0v) is 18.6. The molecule has 29 heavy (non-hydrogen) atoms. The highest BCUT2D eigenvalue weighted by Gasteiger charge is 2.47. The van der Waals surface area contributed by atoms with Crippen molar-refractivity contribution in [3.05, 3.63) is 0 Å². The molecule has 8 heteroatoms. The molecule has 3 fully saturated rings. The quantitative estimate of drug-likeness (QED) is 0.388. The maximum atomic E-state index is 12.9. The highest BCUT2D eigenvalue weighted by molar-refractivity contribution is 7.99. The Morgan fingerprint density at radius 2 is 1.83 bits per heavy atom. The standard InChI is InChI=1S/C21H38N2O5S/c1-11(2)15(19-17(25)16(24)18(26)21(28-19)29-3)23-20(27)14-9-13(10-22-14)8-7-12-5-4-6-12/h11-19,21-22,24-26H,4-10H2,1-3H3,(H,23,27)/t13-,14+,15-,16+,17-,18-,19-,21-/m1/s1. The van der Waals surface area contributed by atoms with Crippen molar-refractivity contribution in [1.82, 2.24) is 10.6 Å². The first-order valence-electron chi connectivity index (χ1n) is 11.1. The average molecular weight is 431 g/mol. The van der Waals surface area contributed by atoms with Gasteiger partial charge < -0.3 is 30.7 Å². The Kier molecular flexibility index (Phi) is 8.26. The van der Waals surface area contributed by atoms with E-state index in [-0.39, 0.29) is 17.9 Å². The van der Waals surface area contributed by atoms with Gasteiger partial charge in [0.25, 0.3) is 0 Å². The predicted molar refractivity (Wildman–Crippen MR) is 113 cm³/mol. The molecule has 0 aromatic carbocycles. The van der Waals surface area contributed by atoms with E-state index in [9.17, 15) is 20.1 Å². The lowest BCUT2D eigenvalue weighted by molar-refractivity contribution is -0.208. The van der Waals surface area contributed by atoms with Crippen LogP contribution in [0.15, 0.2) is 0 Å². The summed E-state index contributed by atoms with van der Waals surface area (Å²) in [4.78, 5) is 12.9. The molecule has 3 aliphatic rings. The highest BCUT2D eigenvalue weighted by Crippen LogP contribution is 2.33. The first-order chi connectivity index (χ1) is 13.8. The molecule has 0 aromatic heterocycles. The van der Waals surface area contributed by atoms with Crippen LogP contribution in [0.5, 0.6) is 0 Å². The minimum Gasteiger partial charge on any atom is -0.388 e. The molecule has 0 bridgehead atoms. The summed E-state index contributed by atoms with van der Waals surface area (Å²) in [5, 5.41) is 37.2. The minimum atomic E-state index is -1.30. The van der Waals surface area contributed by atoms with Crippen molar-refractivity contribution in [3.8, 4) is 0 Å². The summed E-state index contributed by atoms with van der Waals surface area (Å²) in [6, 6.07) is -0.680. The molecule has 7 nitrogen and oxygen atoms in total. The molecular formula is C21H38N2O5S. The summed E-state index contributed by atoms with van der Waals surface area (Å²) >= 11 is 1.28. The van der Waals surface area contributed by atoms with Crippen molar-refractivity contribution in [2.45, 2.75) is 94.3 Å². The highest BCUT2D eigenvalue weighted by atomic mass is 32.2. The number of nitrogens with one attached hydrogen (secondary N) is 2. The number of thioether (sulfide) groups is 1. The van der Waals surface area contributed by atoms with Gasteiger partial charge in [0.05, 0.1) is 12.1 Å². The second-order valence-electron chi connectivity index (χ2n) is 9.39. The molecule has 1 amide bonds. The van der Waals surface area contributed by atoms with E-state index < -0.39 is 35.9 Å². The summed E-state index contributed by atoms with van der Waals surface area (Å²) in [6.45, 7) is 4.78. The van der Waals surface area contributed by atoms with E-state index in [0.717, 1.165) is 18.9 Å². The molecule has 168 valence electrons. The van der Waals surface area contributed by atoms with Gasteiger partial charge in [0.2, 0.25) is 5.91 Å². The molecule has 2 saturated heterocycles. The van der Waals surface area contributed by atoms with Gasteiger partial charge in [-0.25, -0.2) is 0 Å². The van der Waals surface area contributed by atoms with Gasteiger partial charge in [0.1, 0.15) is 29.9 Å². The molecule has 8 atom stereocenters. The van der Waals surface area contributed by atoms with E-state index in [0.29, 0.717) is 5.92 Å². The molecule has 5 N–H and O–H groups in total. The van der Waals surface area contributed by atoms with Crippen LogP contribution in [-0.2, 0) is 9.53 Å². The van der Waals surface area contributed by atoms with Crippen molar-refractivity contribution in [1.29, 1.82) is 0 Å². The molecule has 0 aromatic rings. The van der Waals surface area contributed by atoms with Crippen molar-refractivity contribution in [2.75, 3.05) is 12.8 Å². The molecular weight excluding hydrogens is 392 g/mol. The number of rotatable bonds is 8. The number of aliphatic hydroxyl groups is 3. The lowest BCUT2D eigenvalue weighted by Crippen LogP contribution is -2.64. The first kappa shape index (κ1) is 23.3. The predicted octanol–water partition coefficient (Wildman–Crippen LogP) is 0.856. The monoisotopic (exact) mass is 430 g/mol. The smallest absolute Gasteiger partial charge is 0.237 e. The van der Waals surface area contributed by atoms with E-state index in [2.05, 4.69) is 10.6 Å². The SMILES string of the molecule is CS[C@H]1O[C@H]([C@H](NC(=O)[C@@H]2C[C@@H](CCC3CCC3)CN2)C(C)C)[C@H](O)[C@H](O)[C@H]1O. The van der Waals surface area contributed by atoms with Gasteiger partial charge >= 0.3 is 0 Å². The maximum absolute atomic E-state index is 12.9. The average Bonchev–Trinajstić information content (AvgIpc) is 3.12. The molecule has 0 spiro atoms. The van der Waals surface area contributed by atoms with Gasteiger partial charge in [-0.3, -0.25) is 4.79 Å². The molecule has 2 aliphatic heterocycles. The fraction of sp³-hybridized carbons (Fsp3) is 0.952. The zero-order valence-electron chi connectivity index (χ0n) is 17.8. The molecule has 2 heterocycles. The summed E-state index contributed by atoms with van der Waals surface area (Å²) in [6.07, 6.45) is 4.68.